The fraction of sp³-hybridized carbons (Fsp3) is 0. The first-order valence-corrected chi connectivity index (χ1v) is 3.68. The molecule has 4 N–H and O–H groups in total. The summed E-state index contributed by atoms with van der Waals surface area (Å²) in [4.78, 5) is 0. The minimum atomic E-state index is -4.67. The van der Waals surface area contributed by atoms with Gasteiger partial charge in [-0.2, -0.15) is 8.42 Å². The van der Waals surface area contributed by atoms with Crippen molar-refractivity contribution in [2.24, 2.45) is 0 Å². The van der Waals surface area contributed by atoms with Crippen molar-refractivity contribution in [3.05, 3.63) is 0 Å². The van der Waals surface area contributed by atoms with E-state index in [9.17, 15) is 0 Å². The maximum absolute atomic E-state index is 8.74. The van der Waals surface area contributed by atoms with Crippen LogP contribution in [0.2, 0.25) is 0 Å². The number of hydrogen-bond donors (Lipinski definition) is 4. The van der Waals surface area contributed by atoms with E-state index in [0.29, 0.717) is 0 Å². The molecule has 0 aromatic carbocycles. The van der Waals surface area contributed by atoms with E-state index in [0.717, 1.165) is 0 Å². The largest absolute Gasteiger partial charge is 1.00 e. The van der Waals surface area contributed by atoms with Gasteiger partial charge in [-0.3, -0.25) is 19.6 Å². The van der Waals surface area contributed by atoms with E-state index in [4.69, 9.17) is 42.0 Å². The van der Waals surface area contributed by atoms with Gasteiger partial charge in [0, 0.05) is 0 Å². The van der Waals surface area contributed by atoms with E-state index < -0.39 is 21.2 Å². The van der Waals surface area contributed by atoms with Crippen LogP contribution >= 0.6 is 0 Å². The normalized spacial score (nSPS) is 8.33. The summed E-state index contributed by atoms with van der Waals surface area (Å²) < 4.78 is 56.8. The molecule has 12 heavy (non-hydrogen) atoms. The predicted octanol–water partition coefficient (Wildman–Crippen LogP) is -7.20. The second-order valence-electron chi connectivity index (χ2n) is 0.637. The molecule has 0 amide bonds. The number of rotatable bonds is 0. The van der Waals surface area contributed by atoms with Crippen molar-refractivity contribution in [3.63, 3.8) is 0 Å². The molecule has 0 radical (unpaired) electrons. The minimum absolute atomic E-state index is 0. The molecule has 0 saturated heterocycles. The van der Waals surface area contributed by atoms with Gasteiger partial charge in [-0.25, -0.2) is 0 Å². The van der Waals surface area contributed by atoms with Gasteiger partial charge in [0.15, 0.2) is 0 Å². The summed E-state index contributed by atoms with van der Waals surface area (Å²) in [5.41, 5.74) is 0. The zero-order valence-electron chi connectivity index (χ0n) is 5.62. The van der Waals surface area contributed by atoms with Gasteiger partial charge in [0.05, 0.1) is 10.8 Å². The van der Waals surface area contributed by atoms with Crippen LogP contribution in [0.3, 0.4) is 0 Å². The van der Waals surface area contributed by atoms with Gasteiger partial charge in [-0.05, 0) is 0 Å². The SMILES string of the molecule is O=S(=O)(O)O.OO.[Na+].[O-][Cl+2]([O-])[O-]. The van der Waals surface area contributed by atoms with Gasteiger partial charge in [-0.1, -0.05) is 0 Å². The Bertz CT molecular complexity index is 126. The Balaban J connectivity index is -0.0000000419. The molecule has 0 fully saturated rings. The minimum Gasteiger partial charge on any atom is -0.357 e. The molecule has 0 aliphatic rings. The van der Waals surface area contributed by atoms with Crippen molar-refractivity contribution in [1.82, 2.24) is 0 Å². The molecule has 0 saturated carbocycles. The van der Waals surface area contributed by atoms with Gasteiger partial charge in [0.25, 0.3) is 0 Å². The Morgan fingerprint density at radius 1 is 1.00 bits per heavy atom. The molecule has 0 aliphatic heterocycles. The van der Waals surface area contributed by atoms with Crippen molar-refractivity contribution < 1.29 is 82.4 Å². The molecular weight excluding hydrogens is 235 g/mol. The number of hydrogen-bond acceptors (Lipinski definition) is 7. The molecule has 0 aromatic heterocycles. The van der Waals surface area contributed by atoms with Gasteiger partial charge in [-0.15, -0.1) is 0 Å². The number of halogens is 1. The van der Waals surface area contributed by atoms with E-state index in [-0.39, 0.29) is 29.6 Å². The fourth-order valence-electron chi connectivity index (χ4n) is 0. The zero-order chi connectivity index (χ0) is 10.1. The fourth-order valence-corrected chi connectivity index (χ4v) is 0. The molecule has 0 atom stereocenters. The Hall–Kier alpha value is 0.960. The third-order valence-corrected chi connectivity index (χ3v) is 0. The van der Waals surface area contributed by atoms with Crippen LogP contribution < -0.4 is 43.5 Å². The van der Waals surface area contributed by atoms with Crippen molar-refractivity contribution in [2.75, 3.05) is 0 Å². The Morgan fingerprint density at radius 3 is 1.00 bits per heavy atom. The monoisotopic (exact) mass is 238 g/mol. The van der Waals surface area contributed by atoms with Crippen LogP contribution in [-0.2, 0) is 10.4 Å². The van der Waals surface area contributed by atoms with E-state index in [1.807, 2.05) is 0 Å². The second kappa shape index (κ2) is 14.5. The van der Waals surface area contributed by atoms with Crippen LogP contribution in [0, 0.1) is 10.8 Å². The topological polar surface area (TPSA) is 184 Å². The first-order valence-electron chi connectivity index (χ1n) is 1.36. The first-order chi connectivity index (χ1) is 4.73. The average molecular weight is 239 g/mol. The van der Waals surface area contributed by atoms with Gasteiger partial charge >= 0.3 is 40.0 Å². The standard InChI is InChI=1S/ClO3.Na.H2O4S.H2O2/c2-1(3)4;;1-5(2,3)4;1-2/h;;(H2,1,2,3,4);1-2H/q-1;+1;;. The average Bonchev–Trinajstić information content (AvgIpc) is 1.63. The summed E-state index contributed by atoms with van der Waals surface area (Å²) in [5, 5.41) is 12.0. The molecule has 0 bridgehead atoms. The molecule has 72 valence electrons. The van der Waals surface area contributed by atoms with E-state index in [2.05, 4.69) is 0 Å². The summed E-state index contributed by atoms with van der Waals surface area (Å²) in [7, 11) is -7.52. The van der Waals surface area contributed by atoms with Crippen LogP contribution in [-0.4, -0.2) is 28.0 Å². The molecule has 0 rings (SSSR count). The summed E-state index contributed by atoms with van der Waals surface area (Å²) in [6.07, 6.45) is 0. The van der Waals surface area contributed by atoms with Crippen LogP contribution in [0.5, 0.6) is 0 Å². The summed E-state index contributed by atoms with van der Waals surface area (Å²) in [5.74, 6) is 0. The van der Waals surface area contributed by atoms with Crippen LogP contribution in [0.15, 0.2) is 0 Å². The molecule has 9 nitrogen and oxygen atoms in total. The molecule has 0 unspecified atom stereocenters. The van der Waals surface area contributed by atoms with E-state index >= 15 is 0 Å². The maximum Gasteiger partial charge on any atom is 1.00 e. The molecule has 0 spiro atoms. The van der Waals surface area contributed by atoms with Crippen LogP contribution in [0.4, 0.5) is 0 Å². The molecule has 0 heterocycles. The predicted molar refractivity (Wildman–Crippen MR) is 19.4 cm³/mol. The molecule has 0 aromatic rings. The van der Waals surface area contributed by atoms with E-state index in [1.54, 1.807) is 0 Å². The van der Waals surface area contributed by atoms with Crippen molar-refractivity contribution in [1.29, 1.82) is 0 Å². The molecular formula is H4ClNaO9S. The van der Waals surface area contributed by atoms with Gasteiger partial charge in [0.2, 0.25) is 0 Å². The van der Waals surface area contributed by atoms with Crippen LogP contribution in [0.1, 0.15) is 0 Å². The second-order valence-corrected chi connectivity index (χ2v) is 1.91. The quantitative estimate of drug-likeness (QED) is 0.138. The first kappa shape index (κ1) is 23.1. The summed E-state index contributed by atoms with van der Waals surface area (Å²) in [6, 6.07) is 0. The van der Waals surface area contributed by atoms with Crippen molar-refractivity contribution in [2.45, 2.75) is 0 Å². The van der Waals surface area contributed by atoms with Gasteiger partial charge < -0.3 is 14.0 Å². The Labute approximate surface area is 92.5 Å². The Kier molecular flexibility index (Phi) is 27.9. The molecule has 0 aliphatic carbocycles. The van der Waals surface area contributed by atoms with Crippen molar-refractivity contribution >= 4 is 10.4 Å². The summed E-state index contributed by atoms with van der Waals surface area (Å²) in [6.45, 7) is 0. The van der Waals surface area contributed by atoms with Gasteiger partial charge in [0.1, 0.15) is 0 Å². The van der Waals surface area contributed by atoms with Crippen molar-refractivity contribution in [3.8, 4) is 0 Å². The smallest absolute Gasteiger partial charge is 0.357 e. The third-order valence-electron chi connectivity index (χ3n) is 0. The third kappa shape index (κ3) is 1180. The van der Waals surface area contributed by atoms with E-state index in [1.165, 1.54) is 0 Å². The van der Waals surface area contributed by atoms with Crippen LogP contribution in [0.25, 0.3) is 0 Å². The maximum atomic E-state index is 8.74. The molecule has 12 heteroatoms. The zero-order valence-corrected chi connectivity index (χ0v) is 9.19. The Morgan fingerprint density at radius 2 is 1.00 bits per heavy atom. The summed E-state index contributed by atoms with van der Waals surface area (Å²) >= 11 is 0.